The number of piperazine rings is 1. The largest absolute Gasteiger partial charge is 0.467 e. The van der Waals surface area contributed by atoms with E-state index in [4.69, 9.17) is 20.0 Å². The third kappa shape index (κ3) is 4.37. The van der Waals surface area contributed by atoms with Crippen molar-refractivity contribution < 1.29 is 9.53 Å². The van der Waals surface area contributed by atoms with Crippen LogP contribution in [0.4, 0.5) is 11.5 Å². The maximum Gasteiger partial charge on any atom is 0.318 e. The molecule has 0 saturated carbocycles. The first kappa shape index (κ1) is 22.7. The Morgan fingerprint density at radius 3 is 2.57 bits per heavy atom. The number of methoxy groups -OCH3 is 1. The number of amides is 1. The third-order valence-electron chi connectivity index (χ3n) is 6.83. The molecule has 0 aliphatic carbocycles. The Bertz CT molecular complexity index is 1330. The molecule has 1 aromatic heterocycles. The number of carbonyl (C=O) groups is 1. The molecule has 0 spiro atoms. The number of aryl methyl sites for hydroxylation is 1. The second-order valence-electron chi connectivity index (χ2n) is 8.86. The Morgan fingerprint density at radius 2 is 1.83 bits per heavy atom. The van der Waals surface area contributed by atoms with Gasteiger partial charge >= 0.3 is 6.01 Å². The molecule has 1 saturated heterocycles. The number of hydrogen-bond acceptors (Lipinski definition) is 7. The summed E-state index contributed by atoms with van der Waals surface area (Å²) in [6.45, 7) is 6.23. The molecule has 0 bridgehead atoms. The summed E-state index contributed by atoms with van der Waals surface area (Å²) in [6.07, 6.45) is 3.39. The zero-order valence-corrected chi connectivity index (χ0v) is 20.1. The van der Waals surface area contributed by atoms with E-state index in [1.165, 1.54) is 34.2 Å². The van der Waals surface area contributed by atoms with E-state index in [-0.39, 0.29) is 5.91 Å². The standard InChI is InChI=1S/C27H28N6O2/c1-19-6-3-7-20-8-4-9-23(25(19)20)33-13-11-21-22(18-33)29-27(35-2)30-26(21)32-16-14-31(15-17-32)24(34)10-5-12-28/h3-10H,11,13-18H2,1-2H3/b10-5+. The molecule has 0 radical (unpaired) electrons. The lowest BCUT2D eigenvalue weighted by atomic mass is 9.99. The number of nitrogens with zero attached hydrogens (tertiary/aromatic N) is 6. The number of allylic oxidation sites excluding steroid dienone is 1. The summed E-state index contributed by atoms with van der Waals surface area (Å²) in [5, 5.41) is 11.2. The highest BCUT2D eigenvalue weighted by molar-refractivity contribution is 5.97. The van der Waals surface area contributed by atoms with Crippen LogP contribution >= 0.6 is 0 Å². The Labute approximate surface area is 205 Å². The lowest BCUT2D eigenvalue weighted by molar-refractivity contribution is -0.126. The van der Waals surface area contributed by atoms with E-state index in [1.54, 1.807) is 12.0 Å². The van der Waals surface area contributed by atoms with Gasteiger partial charge in [-0.1, -0.05) is 30.3 Å². The average Bonchev–Trinajstić information content (AvgIpc) is 2.90. The summed E-state index contributed by atoms with van der Waals surface area (Å²) in [5.41, 5.74) is 4.63. The van der Waals surface area contributed by atoms with Crippen LogP contribution in [0.2, 0.25) is 0 Å². The lowest BCUT2D eigenvalue weighted by Crippen LogP contribution is -2.49. The van der Waals surface area contributed by atoms with Crippen molar-refractivity contribution in [3.8, 4) is 12.1 Å². The fourth-order valence-electron chi connectivity index (χ4n) is 5.07. The summed E-state index contributed by atoms with van der Waals surface area (Å²) in [6, 6.07) is 15.1. The minimum absolute atomic E-state index is 0.130. The molecular formula is C27H28N6O2. The molecule has 0 atom stereocenters. The van der Waals surface area contributed by atoms with Gasteiger partial charge in [-0.25, -0.2) is 0 Å². The molecule has 2 aliphatic heterocycles. The summed E-state index contributed by atoms with van der Waals surface area (Å²) in [5.74, 6) is 0.773. The number of nitriles is 1. The molecule has 35 heavy (non-hydrogen) atoms. The van der Waals surface area contributed by atoms with E-state index in [9.17, 15) is 4.79 Å². The highest BCUT2D eigenvalue weighted by Gasteiger charge is 2.29. The van der Waals surface area contributed by atoms with Crippen LogP contribution in [-0.4, -0.2) is 60.6 Å². The van der Waals surface area contributed by atoms with E-state index in [2.05, 4.69) is 53.1 Å². The van der Waals surface area contributed by atoms with Gasteiger partial charge in [-0.2, -0.15) is 15.2 Å². The van der Waals surface area contributed by atoms with Crippen LogP contribution in [0.25, 0.3) is 10.8 Å². The van der Waals surface area contributed by atoms with Crippen LogP contribution < -0.4 is 14.5 Å². The van der Waals surface area contributed by atoms with E-state index in [0.717, 1.165) is 30.0 Å². The van der Waals surface area contributed by atoms with Crippen LogP contribution in [0.3, 0.4) is 0 Å². The van der Waals surface area contributed by atoms with E-state index < -0.39 is 0 Å². The summed E-state index contributed by atoms with van der Waals surface area (Å²) in [7, 11) is 1.60. The third-order valence-corrected chi connectivity index (χ3v) is 6.83. The number of rotatable bonds is 4. The topological polar surface area (TPSA) is 85.6 Å². The number of hydrogen-bond donors (Lipinski definition) is 0. The monoisotopic (exact) mass is 468 g/mol. The van der Waals surface area contributed by atoms with Crippen molar-refractivity contribution in [2.45, 2.75) is 19.9 Å². The van der Waals surface area contributed by atoms with Gasteiger partial charge in [0.05, 0.1) is 25.4 Å². The highest BCUT2D eigenvalue weighted by Crippen LogP contribution is 2.35. The van der Waals surface area contributed by atoms with Gasteiger partial charge < -0.3 is 19.4 Å². The molecule has 8 nitrogen and oxygen atoms in total. The van der Waals surface area contributed by atoms with Crippen molar-refractivity contribution in [2.75, 3.05) is 49.6 Å². The summed E-state index contributed by atoms with van der Waals surface area (Å²) in [4.78, 5) is 28.1. The van der Waals surface area contributed by atoms with Gasteiger partial charge in [0.15, 0.2) is 0 Å². The average molecular weight is 469 g/mol. The van der Waals surface area contributed by atoms with Crippen molar-refractivity contribution >= 4 is 28.2 Å². The Morgan fingerprint density at radius 1 is 1.06 bits per heavy atom. The molecule has 0 N–H and O–H groups in total. The number of carbonyl (C=O) groups excluding carboxylic acids is 1. The van der Waals surface area contributed by atoms with Crippen molar-refractivity contribution in [1.29, 1.82) is 5.26 Å². The van der Waals surface area contributed by atoms with Gasteiger partial charge in [-0.05, 0) is 30.4 Å². The zero-order valence-electron chi connectivity index (χ0n) is 20.1. The SMILES string of the molecule is COc1nc2c(c(N3CCN(C(=O)/C=C/C#N)CC3)n1)CCN(c1cccc3cccc(C)c13)C2. The zero-order chi connectivity index (χ0) is 24.4. The Hall–Kier alpha value is -4.12. The molecule has 178 valence electrons. The smallest absolute Gasteiger partial charge is 0.318 e. The lowest BCUT2D eigenvalue weighted by Gasteiger charge is -2.38. The molecule has 3 heterocycles. The maximum absolute atomic E-state index is 12.2. The van der Waals surface area contributed by atoms with E-state index >= 15 is 0 Å². The van der Waals surface area contributed by atoms with Crippen LogP contribution in [-0.2, 0) is 17.8 Å². The molecule has 1 amide bonds. The van der Waals surface area contributed by atoms with E-state index in [1.807, 2.05) is 6.07 Å². The van der Waals surface area contributed by atoms with Crippen LogP contribution in [0.15, 0.2) is 48.6 Å². The summed E-state index contributed by atoms with van der Waals surface area (Å²) >= 11 is 0. The first-order valence-electron chi connectivity index (χ1n) is 11.9. The van der Waals surface area contributed by atoms with Gasteiger partial charge in [-0.15, -0.1) is 0 Å². The summed E-state index contributed by atoms with van der Waals surface area (Å²) < 4.78 is 5.47. The van der Waals surface area contributed by atoms with Crippen LogP contribution in [0.5, 0.6) is 6.01 Å². The van der Waals surface area contributed by atoms with Gasteiger partial charge in [0.1, 0.15) is 5.82 Å². The molecule has 8 heteroatoms. The predicted molar refractivity (Wildman–Crippen MR) is 136 cm³/mol. The van der Waals surface area contributed by atoms with E-state index in [0.29, 0.717) is 38.7 Å². The molecule has 5 rings (SSSR count). The quantitative estimate of drug-likeness (QED) is 0.429. The number of anilines is 2. The number of aromatic nitrogens is 2. The molecular weight excluding hydrogens is 440 g/mol. The minimum atomic E-state index is -0.130. The number of fused-ring (bicyclic) bond motifs is 2. The van der Waals surface area contributed by atoms with Crippen molar-refractivity contribution in [1.82, 2.24) is 14.9 Å². The second-order valence-corrected chi connectivity index (χ2v) is 8.86. The fraction of sp³-hybridized carbons (Fsp3) is 0.333. The first-order valence-corrected chi connectivity index (χ1v) is 11.9. The number of benzene rings is 2. The Balaban J connectivity index is 1.42. The maximum atomic E-state index is 12.2. The molecule has 0 unspecified atom stereocenters. The normalized spacial score (nSPS) is 15.9. The number of ether oxygens (including phenoxy) is 1. The van der Waals surface area contributed by atoms with Gasteiger partial charge in [0, 0.05) is 61.5 Å². The Kier molecular flexibility index (Phi) is 6.23. The van der Waals surface area contributed by atoms with Gasteiger partial charge in [0.25, 0.3) is 0 Å². The van der Waals surface area contributed by atoms with Crippen LogP contribution in [0, 0.1) is 18.3 Å². The first-order chi connectivity index (χ1) is 17.1. The second kappa shape index (κ2) is 9.63. The molecule has 2 aliphatic rings. The minimum Gasteiger partial charge on any atom is -0.467 e. The molecule has 2 aromatic carbocycles. The van der Waals surface area contributed by atoms with Crippen molar-refractivity contribution in [3.05, 3.63) is 65.4 Å². The molecule has 1 fully saturated rings. The predicted octanol–water partition coefficient (Wildman–Crippen LogP) is 3.24. The van der Waals surface area contributed by atoms with Gasteiger partial charge in [-0.3, -0.25) is 4.79 Å². The fourth-order valence-corrected chi connectivity index (χ4v) is 5.07. The van der Waals surface area contributed by atoms with Crippen molar-refractivity contribution in [3.63, 3.8) is 0 Å². The molecule has 3 aromatic rings. The van der Waals surface area contributed by atoms with Crippen molar-refractivity contribution in [2.24, 2.45) is 0 Å². The van der Waals surface area contributed by atoms with Crippen LogP contribution in [0.1, 0.15) is 16.8 Å². The van der Waals surface area contributed by atoms with Gasteiger partial charge in [0.2, 0.25) is 5.91 Å². The highest BCUT2D eigenvalue weighted by atomic mass is 16.5.